The second-order valence-corrected chi connectivity index (χ2v) is 10.2. The summed E-state index contributed by atoms with van der Waals surface area (Å²) in [5.74, 6) is -5.52. The highest BCUT2D eigenvalue weighted by atomic mass is 32.2. The number of esters is 1. The van der Waals surface area contributed by atoms with Gasteiger partial charge in [-0.25, -0.2) is 18.0 Å². The van der Waals surface area contributed by atoms with Crippen LogP contribution in [0.3, 0.4) is 0 Å². The molecule has 220 valence electrons. The molecule has 3 aromatic carbocycles. The lowest BCUT2D eigenvalue weighted by Gasteiger charge is -2.19. The first-order valence-corrected chi connectivity index (χ1v) is 13.1. The van der Waals surface area contributed by atoms with Crippen molar-refractivity contribution in [2.45, 2.75) is 26.4 Å². The van der Waals surface area contributed by atoms with Crippen LogP contribution in [0.4, 0.5) is 22.0 Å². The van der Waals surface area contributed by atoms with Gasteiger partial charge in [0.25, 0.3) is 10.1 Å². The molecule has 0 bridgehead atoms. The van der Waals surface area contributed by atoms with Crippen molar-refractivity contribution in [1.29, 1.82) is 0 Å². The maximum Gasteiger partial charge on any atom is 0.354 e. The van der Waals surface area contributed by atoms with Gasteiger partial charge in [0.2, 0.25) is 0 Å². The zero-order valence-electron chi connectivity index (χ0n) is 22.2. The Morgan fingerprint density at radius 3 is 1.83 bits per heavy atom. The predicted octanol–water partition coefficient (Wildman–Crippen LogP) is 7.37. The summed E-state index contributed by atoms with van der Waals surface area (Å²) in [6.45, 7) is 5.42. The summed E-state index contributed by atoms with van der Waals surface area (Å²) in [6.07, 6.45) is 0.258. The third-order valence-electron chi connectivity index (χ3n) is 4.34. The molecule has 0 saturated heterocycles. The fourth-order valence-corrected chi connectivity index (χ4v) is 2.96. The van der Waals surface area contributed by atoms with Gasteiger partial charge in [0.15, 0.2) is 17.5 Å². The van der Waals surface area contributed by atoms with E-state index in [4.69, 9.17) is 15.0 Å². The van der Waals surface area contributed by atoms with Gasteiger partial charge in [-0.05, 0) is 56.2 Å². The molecule has 12 heteroatoms. The summed E-state index contributed by atoms with van der Waals surface area (Å²) in [7, 11) is -4.00. The topological polar surface area (TPSA) is 107 Å². The van der Waals surface area contributed by atoms with E-state index in [1.165, 1.54) is 6.08 Å². The van der Waals surface area contributed by atoms with Crippen LogP contribution < -0.4 is 5.73 Å². The molecule has 0 amide bonds. The monoisotopic (exact) mass is 597 g/mol. The minimum absolute atomic E-state index is 0.112. The third-order valence-corrected chi connectivity index (χ3v) is 4.82. The number of nitrogens with two attached hydrogens (primary N) is 1. The smallest absolute Gasteiger partial charge is 0.354 e. The maximum absolute atomic E-state index is 12.6. The molecule has 6 nitrogen and oxygen atoms in total. The Morgan fingerprint density at radius 2 is 1.37 bits per heavy atom. The van der Waals surface area contributed by atoms with E-state index in [0.29, 0.717) is 6.07 Å². The Morgan fingerprint density at radius 1 is 0.854 bits per heavy atom. The van der Waals surface area contributed by atoms with Crippen LogP contribution >= 0.6 is 0 Å². The molecule has 0 unspecified atom stereocenters. The molecule has 0 heterocycles. The molecule has 0 spiro atoms. The minimum Gasteiger partial charge on any atom is -0.455 e. The zero-order chi connectivity index (χ0) is 31.2. The van der Waals surface area contributed by atoms with Crippen LogP contribution in [-0.2, 0) is 19.6 Å². The normalized spacial score (nSPS) is 11.5. The molecule has 0 aliphatic carbocycles. The molecule has 0 aliphatic rings. The molecule has 0 radical (unpaired) electrons. The lowest BCUT2D eigenvalue weighted by Crippen LogP contribution is -2.27. The second-order valence-electron chi connectivity index (χ2n) is 8.92. The van der Waals surface area contributed by atoms with E-state index in [1.54, 1.807) is 51.1 Å². The van der Waals surface area contributed by atoms with E-state index in [-0.39, 0.29) is 5.70 Å². The second kappa shape index (κ2) is 16.1. The van der Waals surface area contributed by atoms with Gasteiger partial charge in [-0.1, -0.05) is 66.7 Å². The van der Waals surface area contributed by atoms with Crippen molar-refractivity contribution in [3.05, 3.63) is 124 Å². The highest BCUT2D eigenvalue weighted by Crippen LogP contribution is 2.25. The van der Waals surface area contributed by atoms with Crippen molar-refractivity contribution >= 4 is 34.1 Å². The molecule has 0 aliphatic heterocycles. The first-order chi connectivity index (χ1) is 19.0. The maximum atomic E-state index is 12.6. The number of hydrogen-bond acceptors (Lipinski definition) is 5. The number of benzene rings is 3. The first-order valence-electron chi connectivity index (χ1n) is 11.6. The summed E-state index contributed by atoms with van der Waals surface area (Å²) in [5, 5.41) is 0.752. The van der Waals surface area contributed by atoms with Crippen LogP contribution in [0.5, 0.6) is 0 Å². The number of halogens is 5. The summed E-state index contributed by atoms with van der Waals surface area (Å²) < 4.78 is 94.8. The quantitative estimate of drug-likeness (QED) is 0.138. The summed E-state index contributed by atoms with van der Waals surface area (Å²) in [6, 6.07) is 20.7. The Hall–Kier alpha value is -4.29. The minimum atomic E-state index is -4.00. The molecule has 0 aromatic heterocycles. The Bertz CT molecular complexity index is 1480. The summed E-state index contributed by atoms with van der Waals surface area (Å²) in [5.41, 5.74) is 5.78. The van der Waals surface area contributed by atoms with Crippen molar-refractivity contribution in [3.8, 4) is 0 Å². The zero-order valence-corrected chi connectivity index (χ0v) is 23.0. The van der Waals surface area contributed by atoms with Crippen LogP contribution in [0, 0.1) is 11.6 Å². The van der Waals surface area contributed by atoms with E-state index in [0.717, 1.165) is 28.7 Å². The van der Waals surface area contributed by atoms with E-state index in [9.17, 15) is 35.2 Å². The SMILES string of the molecule is CC(C)(C)OC(=O)C(N)=Cc1ccccc1.FC(F)=C(F)c1cccc(F)c1F.O=S(=O)(O)C=Cc1ccccc1. The summed E-state index contributed by atoms with van der Waals surface area (Å²) >= 11 is 0. The average Bonchev–Trinajstić information content (AvgIpc) is 2.89. The van der Waals surface area contributed by atoms with Gasteiger partial charge in [0.1, 0.15) is 11.3 Å². The van der Waals surface area contributed by atoms with Gasteiger partial charge >= 0.3 is 12.0 Å². The molecule has 41 heavy (non-hydrogen) atoms. The van der Waals surface area contributed by atoms with Gasteiger partial charge in [-0.15, -0.1) is 0 Å². The van der Waals surface area contributed by atoms with E-state index >= 15 is 0 Å². The van der Waals surface area contributed by atoms with Crippen molar-refractivity contribution in [2.75, 3.05) is 0 Å². The largest absolute Gasteiger partial charge is 0.455 e. The number of carbonyl (C=O) groups excluding carboxylic acids is 1. The highest BCUT2D eigenvalue weighted by molar-refractivity contribution is 7.88. The molecule has 3 N–H and O–H groups in total. The molecule has 3 rings (SSSR count). The molecular formula is C29H28F5NO5S. The standard InChI is InChI=1S/C13H17NO2.C8H3F5.C8H8O3S/c1-13(2,3)16-12(15)11(14)9-10-7-5-4-6-8-10;9-5-3-1-2-4(6(5)10)7(11)8(12)13;9-12(10,11)7-6-8-4-2-1-3-5-8/h4-9H,14H2,1-3H3;1-3H;1-7H,(H,9,10,11). The van der Waals surface area contributed by atoms with Crippen LogP contribution in [0.1, 0.15) is 37.5 Å². The molecule has 0 saturated carbocycles. The van der Waals surface area contributed by atoms with E-state index < -0.39 is 50.8 Å². The fourth-order valence-electron chi connectivity index (χ4n) is 2.63. The van der Waals surface area contributed by atoms with Crippen molar-refractivity contribution in [3.63, 3.8) is 0 Å². The Kier molecular flexibility index (Phi) is 13.6. The van der Waals surface area contributed by atoms with Gasteiger partial charge in [-0.2, -0.15) is 17.2 Å². The van der Waals surface area contributed by atoms with Gasteiger partial charge in [0, 0.05) is 0 Å². The van der Waals surface area contributed by atoms with E-state index in [2.05, 4.69) is 0 Å². The lowest BCUT2D eigenvalue weighted by molar-refractivity contribution is -0.149. The lowest BCUT2D eigenvalue weighted by atomic mass is 10.2. The average molecular weight is 598 g/mol. The molecule has 3 aromatic rings. The van der Waals surface area contributed by atoms with Crippen LogP contribution in [-0.4, -0.2) is 24.5 Å². The third kappa shape index (κ3) is 14.6. The number of rotatable bonds is 5. The Balaban J connectivity index is 0.000000311. The Labute approximate surface area is 235 Å². The number of carbonyl (C=O) groups is 1. The first kappa shape index (κ1) is 34.7. The molecular weight excluding hydrogens is 569 g/mol. The summed E-state index contributed by atoms with van der Waals surface area (Å²) in [4.78, 5) is 11.5. The molecule has 0 fully saturated rings. The van der Waals surface area contributed by atoms with Crippen molar-refractivity contribution < 1.29 is 44.5 Å². The molecule has 0 atom stereocenters. The van der Waals surface area contributed by atoms with Gasteiger partial charge < -0.3 is 10.5 Å². The van der Waals surface area contributed by atoms with Crippen molar-refractivity contribution in [1.82, 2.24) is 0 Å². The fraction of sp³-hybridized carbons (Fsp3) is 0.138. The van der Waals surface area contributed by atoms with E-state index in [1.807, 2.05) is 36.4 Å². The van der Waals surface area contributed by atoms with Gasteiger partial charge in [0.05, 0.1) is 11.0 Å². The van der Waals surface area contributed by atoms with Crippen LogP contribution in [0.2, 0.25) is 0 Å². The van der Waals surface area contributed by atoms with Crippen LogP contribution in [0.25, 0.3) is 18.0 Å². The van der Waals surface area contributed by atoms with Crippen LogP contribution in [0.15, 0.2) is 96.0 Å². The van der Waals surface area contributed by atoms with Crippen molar-refractivity contribution in [2.24, 2.45) is 5.73 Å². The predicted molar refractivity (Wildman–Crippen MR) is 148 cm³/mol. The number of hydrogen-bond donors (Lipinski definition) is 2. The number of ether oxygens (including phenoxy) is 1. The highest BCUT2D eigenvalue weighted by Gasteiger charge is 2.18. The van der Waals surface area contributed by atoms with Gasteiger partial charge in [-0.3, -0.25) is 4.55 Å².